The summed E-state index contributed by atoms with van der Waals surface area (Å²) >= 11 is 6.22. The third-order valence-corrected chi connectivity index (χ3v) is 5.28. The monoisotopic (exact) mass is 388 g/mol. The van der Waals surface area contributed by atoms with Gasteiger partial charge in [-0.3, -0.25) is 9.67 Å². The summed E-state index contributed by atoms with van der Waals surface area (Å²) in [5, 5.41) is 12.1. The molecule has 1 aromatic carbocycles. The summed E-state index contributed by atoms with van der Waals surface area (Å²) in [6.07, 6.45) is 8.29. The van der Waals surface area contributed by atoms with Gasteiger partial charge in [0.1, 0.15) is 0 Å². The molecule has 1 aliphatic rings. The largest absolute Gasteiger partial charge is 0.367 e. The van der Waals surface area contributed by atoms with Crippen LogP contribution in [0.4, 0.5) is 5.69 Å². The van der Waals surface area contributed by atoms with Gasteiger partial charge in [0.15, 0.2) is 5.96 Å². The first-order valence-electron chi connectivity index (χ1n) is 9.60. The second kappa shape index (κ2) is 9.65. The van der Waals surface area contributed by atoms with Crippen molar-refractivity contribution in [2.45, 2.75) is 31.7 Å². The number of aromatic nitrogens is 2. The van der Waals surface area contributed by atoms with Crippen LogP contribution in [-0.4, -0.2) is 48.5 Å². The minimum atomic E-state index is 0.383. The van der Waals surface area contributed by atoms with Crippen LogP contribution in [0, 0.1) is 0 Å². The van der Waals surface area contributed by atoms with Crippen molar-refractivity contribution in [2.75, 3.05) is 31.6 Å². The average Bonchev–Trinajstić information content (AvgIpc) is 3.12. The molecule has 146 valence electrons. The van der Waals surface area contributed by atoms with Crippen LogP contribution in [-0.2, 0) is 13.5 Å². The van der Waals surface area contributed by atoms with Gasteiger partial charge in [-0.15, -0.1) is 0 Å². The van der Waals surface area contributed by atoms with Crippen LogP contribution in [0.15, 0.2) is 41.7 Å². The molecule has 0 aliphatic carbocycles. The minimum Gasteiger partial charge on any atom is -0.367 e. The lowest BCUT2D eigenvalue weighted by molar-refractivity contribution is 0.468. The predicted octanol–water partition coefficient (Wildman–Crippen LogP) is 2.84. The number of hydrogen-bond acceptors (Lipinski definition) is 3. The molecule has 1 fully saturated rings. The Morgan fingerprint density at radius 2 is 2.22 bits per heavy atom. The molecule has 6 nitrogen and oxygen atoms in total. The highest BCUT2D eigenvalue weighted by Crippen LogP contribution is 2.19. The summed E-state index contributed by atoms with van der Waals surface area (Å²) in [6, 6.07) is 8.42. The average molecular weight is 389 g/mol. The van der Waals surface area contributed by atoms with E-state index in [0.717, 1.165) is 56.3 Å². The fraction of sp³-hybridized carbons (Fsp3) is 0.500. The Bertz CT molecular complexity index is 756. The van der Waals surface area contributed by atoms with Crippen LogP contribution in [0.5, 0.6) is 0 Å². The maximum Gasteiger partial charge on any atom is 0.191 e. The molecule has 0 amide bonds. The molecule has 1 unspecified atom stereocenters. The van der Waals surface area contributed by atoms with Crippen molar-refractivity contribution in [3.05, 3.63) is 47.2 Å². The van der Waals surface area contributed by atoms with E-state index in [2.05, 4.69) is 37.9 Å². The van der Waals surface area contributed by atoms with Gasteiger partial charge in [-0.2, -0.15) is 5.10 Å². The molecule has 1 atom stereocenters. The van der Waals surface area contributed by atoms with E-state index in [-0.39, 0.29) is 0 Å². The summed E-state index contributed by atoms with van der Waals surface area (Å²) in [5.41, 5.74) is 2.38. The van der Waals surface area contributed by atoms with Crippen molar-refractivity contribution in [1.82, 2.24) is 20.4 Å². The zero-order valence-electron chi connectivity index (χ0n) is 16.2. The number of anilines is 1. The molecule has 0 spiro atoms. The van der Waals surface area contributed by atoms with E-state index in [1.807, 2.05) is 43.2 Å². The van der Waals surface area contributed by atoms with Crippen molar-refractivity contribution in [2.24, 2.45) is 12.0 Å². The van der Waals surface area contributed by atoms with Crippen LogP contribution >= 0.6 is 11.6 Å². The van der Waals surface area contributed by atoms with E-state index in [4.69, 9.17) is 11.6 Å². The number of hydrogen-bond donors (Lipinski definition) is 2. The van der Waals surface area contributed by atoms with Gasteiger partial charge >= 0.3 is 0 Å². The van der Waals surface area contributed by atoms with E-state index in [9.17, 15) is 0 Å². The Balaban J connectivity index is 1.43. The highest BCUT2D eigenvalue weighted by Gasteiger charge is 2.21. The standard InChI is InChI=1S/C20H29ClN6/c1-22-20(23-11-5-8-16-7-3-4-10-19(16)21)25-17-9-6-12-27(14-17)18-13-24-26(2)15-18/h3-4,7,10,13,15,17H,5-6,8-9,11-12,14H2,1-2H3,(H2,22,23,25). The quantitative estimate of drug-likeness (QED) is 0.454. The zero-order chi connectivity index (χ0) is 19.1. The van der Waals surface area contributed by atoms with E-state index in [1.54, 1.807) is 0 Å². The molecule has 2 heterocycles. The molecular formula is C20H29ClN6. The third-order valence-electron chi connectivity index (χ3n) is 4.92. The molecule has 27 heavy (non-hydrogen) atoms. The molecule has 1 saturated heterocycles. The van der Waals surface area contributed by atoms with E-state index >= 15 is 0 Å². The van der Waals surface area contributed by atoms with Crippen LogP contribution in [0.1, 0.15) is 24.8 Å². The molecule has 2 aromatic rings. The van der Waals surface area contributed by atoms with Crippen LogP contribution in [0.3, 0.4) is 0 Å². The molecule has 1 aromatic heterocycles. The summed E-state index contributed by atoms with van der Waals surface area (Å²) < 4.78 is 1.85. The Kier molecular flexibility index (Phi) is 6.98. The zero-order valence-corrected chi connectivity index (χ0v) is 16.9. The summed E-state index contributed by atoms with van der Waals surface area (Å²) in [6.45, 7) is 2.91. The number of aliphatic imine (C=N–C) groups is 1. The molecular weight excluding hydrogens is 360 g/mol. The van der Waals surface area contributed by atoms with Crippen LogP contribution < -0.4 is 15.5 Å². The van der Waals surface area contributed by atoms with E-state index in [0.29, 0.717) is 6.04 Å². The lowest BCUT2D eigenvalue weighted by atomic mass is 10.1. The number of aryl methyl sites for hydroxylation is 2. The van der Waals surface area contributed by atoms with Crippen molar-refractivity contribution < 1.29 is 0 Å². The van der Waals surface area contributed by atoms with E-state index in [1.165, 1.54) is 11.3 Å². The Morgan fingerprint density at radius 3 is 2.96 bits per heavy atom. The maximum absolute atomic E-state index is 6.22. The molecule has 0 bridgehead atoms. The molecule has 0 radical (unpaired) electrons. The highest BCUT2D eigenvalue weighted by atomic mass is 35.5. The number of rotatable bonds is 6. The molecule has 3 rings (SSSR count). The number of halogens is 1. The number of piperidine rings is 1. The second-order valence-corrected chi connectivity index (χ2v) is 7.40. The van der Waals surface area contributed by atoms with Gasteiger partial charge in [0.25, 0.3) is 0 Å². The van der Waals surface area contributed by atoms with Gasteiger partial charge in [0.2, 0.25) is 0 Å². The van der Waals surface area contributed by atoms with Gasteiger partial charge in [-0.1, -0.05) is 29.8 Å². The summed E-state index contributed by atoms with van der Waals surface area (Å²) in [5.74, 6) is 0.868. The number of nitrogens with one attached hydrogen (secondary N) is 2. The third kappa shape index (κ3) is 5.63. The Morgan fingerprint density at radius 1 is 1.37 bits per heavy atom. The topological polar surface area (TPSA) is 57.5 Å². The number of guanidine groups is 1. The highest BCUT2D eigenvalue weighted by molar-refractivity contribution is 6.31. The SMILES string of the molecule is CN=C(NCCCc1ccccc1Cl)NC1CCCN(c2cnn(C)c2)C1. The normalized spacial score (nSPS) is 17.8. The lowest BCUT2D eigenvalue weighted by Gasteiger charge is -2.34. The summed E-state index contributed by atoms with van der Waals surface area (Å²) in [7, 11) is 3.78. The lowest BCUT2D eigenvalue weighted by Crippen LogP contribution is -2.51. The van der Waals surface area contributed by atoms with Crippen molar-refractivity contribution >= 4 is 23.2 Å². The molecule has 1 aliphatic heterocycles. The van der Waals surface area contributed by atoms with Crippen LogP contribution in [0.25, 0.3) is 0 Å². The van der Waals surface area contributed by atoms with Gasteiger partial charge in [-0.25, -0.2) is 0 Å². The maximum atomic E-state index is 6.22. The minimum absolute atomic E-state index is 0.383. The number of benzene rings is 1. The van der Waals surface area contributed by atoms with Gasteiger partial charge in [-0.05, 0) is 37.3 Å². The smallest absolute Gasteiger partial charge is 0.191 e. The van der Waals surface area contributed by atoms with Crippen molar-refractivity contribution in [3.63, 3.8) is 0 Å². The first-order valence-corrected chi connectivity index (χ1v) is 9.97. The number of nitrogens with zero attached hydrogens (tertiary/aromatic N) is 4. The van der Waals surface area contributed by atoms with Crippen molar-refractivity contribution in [3.8, 4) is 0 Å². The van der Waals surface area contributed by atoms with Crippen LogP contribution in [0.2, 0.25) is 5.02 Å². The van der Waals surface area contributed by atoms with E-state index < -0.39 is 0 Å². The fourth-order valence-corrected chi connectivity index (χ4v) is 3.71. The van der Waals surface area contributed by atoms with Gasteiger partial charge in [0, 0.05) is 51.0 Å². The first-order chi connectivity index (χ1) is 13.2. The Hall–Kier alpha value is -2.21. The summed E-state index contributed by atoms with van der Waals surface area (Å²) in [4.78, 5) is 6.77. The fourth-order valence-electron chi connectivity index (χ4n) is 3.48. The molecule has 7 heteroatoms. The predicted molar refractivity (Wildman–Crippen MR) is 113 cm³/mol. The molecule has 0 saturated carbocycles. The Labute approximate surface area is 166 Å². The van der Waals surface area contributed by atoms with Gasteiger partial charge in [0.05, 0.1) is 11.9 Å². The van der Waals surface area contributed by atoms with Gasteiger partial charge < -0.3 is 15.5 Å². The first kappa shape index (κ1) is 19.5. The molecule has 2 N–H and O–H groups in total. The van der Waals surface area contributed by atoms with Crippen molar-refractivity contribution in [1.29, 1.82) is 0 Å². The second-order valence-electron chi connectivity index (χ2n) is 7.00.